The lowest BCUT2D eigenvalue weighted by molar-refractivity contribution is -0.149. The molecular weight excluding hydrogens is 338 g/mol. The number of carbonyl (C=O) groups is 1. The van der Waals surface area contributed by atoms with Gasteiger partial charge in [-0.3, -0.25) is 10.5 Å². The van der Waals surface area contributed by atoms with Gasteiger partial charge in [-0.2, -0.15) is 0 Å². The topological polar surface area (TPSA) is 72.5 Å². The first-order valence-electron chi connectivity index (χ1n) is 8.88. The zero-order valence-electron chi connectivity index (χ0n) is 15.2. The van der Waals surface area contributed by atoms with Crippen molar-refractivity contribution in [2.24, 2.45) is 11.7 Å². The molecule has 4 nitrogen and oxygen atoms in total. The standard InChI is InChI=1S/C23H23NO3/c1-17(22(26)27-16-24)23(18-9-4-2-5-10-18,19-11-6-3-7-12-19)20-13-8-14-21(25)15-20/h2-15,17,25H,16,24H2,1H3. The summed E-state index contributed by atoms with van der Waals surface area (Å²) in [4.78, 5) is 12.8. The Hall–Kier alpha value is -3.11. The van der Waals surface area contributed by atoms with Crippen LogP contribution in [-0.2, 0) is 14.9 Å². The van der Waals surface area contributed by atoms with Gasteiger partial charge in [-0.1, -0.05) is 79.7 Å². The fourth-order valence-corrected chi connectivity index (χ4v) is 3.79. The summed E-state index contributed by atoms with van der Waals surface area (Å²) in [5, 5.41) is 10.2. The van der Waals surface area contributed by atoms with Gasteiger partial charge in [0.05, 0.1) is 11.3 Å². The Bertz CT molecular complexity index is 854. The first-order chi connectivity index (χ1) is 13.1. The molecule has 0 aliphatic carbocycles. The first-order valence-corrected chi connectivity index (χ1v) is 8.88. The van der Waals surface area contributed by atoms with Crippen molar-refractivity contribution in [3.63, 3.8) is 0 Å². The molecule has 4 heteroatoms. The maximum Gasteiger partial charge on any atom is 0.311 e. The second-order valence-corrected chi connectivity index (χ2v) is 6.44. The zero-order chi connectivity index (χ0) is 19.3. The molecule has 0 aliphatic rings. The highest BCUT2D eigenvalue weighted by molar-refractivity contribution is 5.77. The van der Waals surface area contributed by atoms with E-state index in [1.165, 1.54) is 0 Å². The van der Waals surface area contributed by atoms with Crippen LogP contribution in [0.5, 0.6) is 5.75 Å². The highest BCUT2D eigenvalue weighted by Crippen LogP contribution is 2.46. The van der Waals surface area contributed by atoms with Crippen molar-refractivity contribution < 1.29 is 14.6 Å². The van der Waals surface area contributed by atoms with E-state index in [-0.39, 0.29) is 12.5 Å². The van der Waals surface area contributed by atoms with Gasteiger partial charge in [0.1, 0.15) is 12.5 Å². The van der Waals surface area contributed by atoms with E-state index < -0.39 is 17.3 Å². The molecule has 0 saturated heterocycles. The summed E-state index contributed by atoms with van der Waals surface area (Å²) >= 11 is 0. The lowest BCUT2D eigenvalue weighted by Crippen LogP contribution is -2.41. The molecule has 0 bridgehead atoms. The van der Waals surface area contributed by atoms with Crippen LogP contribution in [0, 0.1) is 5.92 Å². The minimum atomic E-state index is -0.840. The lowest BCUT2D eigenvalue weighted by Gasteiger charge is -2.40. The molecule has 1 unspecified atom stereocenters. The van der Waals surface area contributed by atoms with Gasteiger partial charge in [0.25, 0.3) is 0 Å². The van der Waals surface area contributed by atoms with Crippen LogP contribution in [0.2, 0.25) is 0 Å². The molecule has 0 heterocycles. The monoisotopic (exact) mass is 361 g/mol. The van der Waals surface area contributed by atoms with E-state index in [0.717, 1.165) is 16.7 Å². The molecule has 27 heavy (non-hydrogen) atoms. The highest BCUT2D eigenvalue weighted by Gasteiger charge is 2.45. The lowest BCUT2D eigenvalue weighted by atomic mass is 9.62. The Morgan fingerprint density at radius 2 is 1.44 bits per heavy atom. The van der Waals surface area contributed by atoms with Gasteiger partial charge in [0.15, 0.2) is 0 Å². The van der Waals surface area contributed by atoms with Crippen LogP contribution >= 0.6 is 0 Å². The molecule has 138 valence electrons. The van der Waals surface area contributed by atoms with E-state index in [1.807, 2.05) is 73.7 Å². The van der Waals surface area contributed by atoms with Crippen LogP contribution in [0.4, 0.5) is 0 Å². The number of rotatable bonds is 6. The Morgan fingerprint density at radius 3 is 1.93 bits per heavy atom. The van der Waals surface area contributed by atoms with Crippen LogP contribution in [0.25, 0.3) is 0 Å². The minimum absolute atomic E-state index is 0.142. The smallest absolute Gasteiger partial charge is 0.311 e. The fourth-order valence-electron chi connectivity index (χ4n) is 3.79. The number of nitrogens with two attached hydrogens (primary N) is 1. The molecule has 0 aromatic heterocycles. The molecule has 0 aliphatic heterocycles. The predicted molar refractivity (Wildman–Crippen MR) is 105 cm³/mol. The van der Waals surface area contributed by atoms with E-state index in [4.69, 9.17) is 10.5 Å². The number of esters is 1. The number of hydrogen-bond acceptors (Lipinski definition) is 4. The Morgan fingerprint density at radius 1 is 0.926 bits per heavy atom. The van der Waals surface area contributed by atoms with Gasteiger partial charge >= 0.3 is 5.97 Å². The molecule has 0 radical (unpaired) electrons. The van der Waals surface area contributed by atoms with Gasteiger partial charge in [0.2, 0.25) is 0 Å². The summed E-state index contributed by atoms with van der Waals surface area (Å²) in [6, 6.07) is 26.6. The van der Waals surface area contributed by atoms with Gasteiger partial charge in [-0.05, 0) is 28.8 Å². The highest BCUT2D eigenvalue weighted by atomic mass is 16.5. The Kier molecular flexibility index (Phi) is 5.57. The number of carbonyl (C=O) groups excluding carboxylic acids is 1. The molecule has 0 saturated carbocycles. The minimum Gasteiger partial charge on any atom is -0.508 e. The molecule has 3 aromatic rings. The third-order valence-corrected chi connectivity index (χ3v) is 4.99. The van der Waals surface area contributed by atoms with Crippen molar-refractivity contribution in [2.75, 3.05) is 6.73 Å². The van der Waals surface area contributed by atoms with Crippen molar-refractivity contribution in [2.45, 2.75) is 12.3 Å². The summed E-state index contributed by atoms with van der Waals surface area (Å²) in [6.07, 6.45) is 0. The molecule has 3 rings (SSSR count). The number of phenolic OH excluding ortho intramolecular Hbond substituents is 1. The SMILES string of the molecule is CC(C(=O)OCN)C(c1ccccc1)(c1ccccc1)c1cccc(O)c1. The van der Waals surface area contributed by atoms with Crippen molar-refractivity contribution >= 4 is 5.97 Å². The Balaban J connectivity index is 2.36. The van der Waals surface area contributed by atoms with Gasteiger partial charge in [0, 0.05) is 0 Å². The molecule has 3 aromatic carbocycles. The summed E-state index contributed by atoms with van der Waals surface area (Å²) in [6.45, 7) is 1.66. The van der Waals surface area contributed by atoms with Crippen LogP contribution in [0.15, 0.2) is 84.9 Å². The summed E-state index contributed by atoms with van der Waals surface area (Å²) < 4.78 is 5.18. The van der Waals surface area contributed by atoms with Crippen LogP contribution in [0.3, 0.4) is 0 Å². The zero-order valence-corrected chi connectivity index (χ0v) is 15.2. The quantitative estimate of drug-likeness (QED) is 0.398. The van der Waals surface area contributed by atoms with Crippen molar-refractivity contribution in [3.8, 4) is 5.75 Å². The number of aromatic hydroxyl groups is 1. The van der Waals surface area contributed by atoms with Gasteiger partial charge in [-0.15, -0.1) is 0 Å². The van der Waals surface area contributed by atoms with E-state index in [1.54, 1.807) is 18.2 Å². The third kappa shape index (κ3) is 3.44. The van der Waals surface area contributed by atoms with E-state index in [2.05, 4.69) is 0 Å². The van der Waals surface area contributed by atoms with Crippen LogP contribution < -0.4 is 5.73 Å². The Labute approximate surface area is 159 Å². The number of ether oxygens (including phenoxy) is 1. The normalized spacial score (nSPS) is 12.4. The predicted octanol–water partition coefficient (Wildman–Crippen LogP) is 3.82. The number of phenols is 1. The van der Waals surface area contributed by atoms with Crippen molar-refractivity contribution in [1.82, 2.24) is 0 Å². The summed E-state index contributed by atoms with van der Waals surface area (Å²) in [5.74, 6) is -0.829. The molecule has 0 spiro atoms. The van der Waals surface area contributed by atoms with E-state index in [9.17, 15) is 9.90 Å². The van der Waals surface area contributed by atoms with E-state index >= 15 is 0 Å². The number of benzene rings is 3. The summed E-state index contributed by atoms with van der Waals surface area (Å²) in [5.41, 5.74) is 7.30. The molecule has 1 atom stereocenters. The average Bonchev–Trinajstić information content (AvgIpc) is 2.70. The largest absolute Gasteiger partial charge is 0.508 e. The first kappa shape index (κ1) is 18.7. The van der Waals surface area contributed by atoms with Crippen LogP contribution in [-0.4, -0.2) is 17.8 Å². The van der Waals surface area contributed by atoms with Crippen LogP contribution in [0.1, 0.15) is 23.6 Å². The maximum atomic E-state index is 12.8. The van der Waals surface area contributed by atoms with Crippen molar-refractivity contribution in [3.05, 3.63) is 102 Å². The second-order valence-electron chi connectivity index (χ2n) is 6.44. The average molecular weight is 361 g/mol. The summed E-state index contributed by atoms with van der Waals surface area (Å²) in [7, 11) is 0. The third-order valence-electron chi connectivity index (χ3n) is 4.99. The number of hydrogen-bond donors (Lipinski definition) is 2. The molecule has 3 N–H and O–H groups in total. The maximum absolute atomic E-state index is 12.8. The molecular formula is C23H23NO3. The van der Waals surface area contributed by atoms with Crippen molar-refractivity contribution in [1.29, 1.82) is 0 Å². The van der Waals surface area contributed by atoms with Gasteiger partial charge < -0.3 is 9.84 Å². The fraction of sp³-hybridized carbons (Fsp3) is 0.174. The molecule has 0 fully saturated rings. The van der Waals surface area contributed by atoms with E-state index in [0.29, 0.717) is 0 Å². The second kappa shape index (κ2) is 8.06. The molecule has 0 amide bonds. The van der Waals surface area contributed by atoms with Gasteiger partial charge in [-0.25, -0.2) is 0 Å².